The number of terminal acetylenes is 1. The summed E-state index contributed by atoms with van der Waals surface area (Å²) in [5.74, 6) is -1.68. The number of nitrogens with two attached hydrogens (primary N) is 2. The number of likely N-dealkylation sites (N-methyl/N-ethyl adjacent to an activating group) is 1. The van der Waals surface area contributed by atoms with E-state index in [9.17, 15) is 19.5 Å². The van der Waals surface area contributed by atoms with E-state index in [2.05, 4.69) is 38.1 Å². The maximum Gasteiger partial charge on any atom is 0.271 e. The Kier molecular flexibility index (Phi) is 13.5. The number of hydrogen-bond acceptors (Lipinski definition) is 9. The zero-order valence-corrected chi connectivity index (χ0v) is 24.0. The van der Waals surface area contributed by atoms with Crippen molar-refractivity contribution in [1.82, 2.24) is 25.0 Å². The van der Waals surface area contributed by atoms with Gasteiger partial charge in [0.25, 0.3) is 17.4 Å². The Balaban J connectivity index is 2.03. The third-order valence-corrected chi connectivity index (χ3v) is 7.08. The van der Waals surface area contributed by atoms with Crippen LogP contribution in [0.3, 0.4) is 0 Å². The largest absolute Gasteiger partial charge is 0.494 e. The molecule has 0 saturated carbocycles. The summed E-state index contributed by atoms with van der Waals surface area (Å²) < 4.78 is 0. The zero-order chi connectivity index (χ0) is 29.7. The molecule has 13 heteroatoms. The summed E-state index contributed by atoms with van der Waals surface area (Å²) in [5, 5.41) is 12.5. The molecule has 0 bridgehead atoms. The van der Waals surface area contributed by atoms with Crippen LogP contribution in [-0.2, 0) is 4.79 Å². The summed E-state index contributed by atoms with van der Waals surface area (Å²) in [6.45, 7) is 8.74. The molecule has 0 spiro atoms. The van der Waals surface area contributed by atoms with Crippen molar-refractivity contribution >= 4 is 28.6 Å². The van der Waals surface area contributed by atoms with E-state index in [4.69, 9.17) is 29.5 Å². The van der Waals surface area contributed by atoms with Gasteiger partial charge in [0, 0.05) is 44.3 Å². The molecule has 0 radical (unpaired) electrons. The van der Waals surface area contributed by atoms with Crippen molar-refractivity contribution in [3.63, 3.8) is 0 Å². The molecular formula is C27H41ClN8O4. The van der Waals surface area contributed by atoms with E-state index in [1.165, 1.54) is 12.1 Å². The van der Waals surface area contributed by atoms with Crippen molar-refractivity contribution in [2.75, 3.05) is 45.8 Å². The normalized spacial score (nSPS) is 15.2. The highest BCUT2D eigenvalue weighted by Crippen LogP contribution is 2.21. The van der Waals surface area contributed by atoms with E-state index in [-0.39, 0.29) is 28.2 Å². The van der Waals surface area contributed by atoms with Gasteiger partial charge in [0.05, 0.1) is 12.1 Å². The number of halogens is 1. The zero-order valence-electron chi connectivity index (χ0n) is 23.3. The third-order valence-electron chi connectivity index (χ3n) is 6.88. The number of primary amides is 1. The van der Waals surface area contributed by atoms with Crippen LogP contribution in [-0.4, -0.2) is 93.6 Å². The Morgan fingerprint density at radius 3 is 2.50 bits per heavy atom. The number of rotatable bonds is 15. The van der Waals surface area contributed by atoms with Gasteiger partial charge in [-0.2, -0.15) is 0 Å². The molecule has 40 heavy (non-hydrogen) atoms. The van der Waals surface area contributed by atoms with E-state index < -0.39 is 17.3 Å². The number of likely N-dealkylation sites (tertiary alicyclic amines) is 1. The van der Waals surface area contributed by atoms with Crippen LogP contribution in [0.15, 0.2) is 33.4 Å². The molecule has 1 saturated heterocycles. The van der Waals surface area contributed by atoms with Gasteiger partial charge in [-0.1, -0.05) is 44.7 Å². The quantitative estimate of drug-likeness (QED) is 0.0674. The van der Waals surface area contributed by atoms with Crippen LogP contribution in [0.5, 0.6) is 5.88 Å². The number of aliphatic imine (C=N–C) groups is 1. The highest BCUT2D eigenvalue weighted by molar-refractivity contribution is 6.66. The van der Waals surface area contributed by atoms with E-state index >= 15 is 0 Å². The molecule has 7 N–H and O–H groups in total. The fourth-order valence-corrected chi connectivity index (χ4v) is 4.88. The minimum atomic E-state index is -0.843. The van der Waals surface area contributed by atoms with Gasteiger partial charge in [-0.3, -0.25) is 34.5 Å². The molecule has 0 aliphatic carbocycles. The van der Waals surface area contributed by atoms with Gasteiger partial charge in [0.2, 0.25) is 5.88 Å². The van der Waals surface area contributed by atoms with Crippen molar-refractivity contribution in [2.45, 2.75) is 52.0 Å². The van der Waals surface area contributed by atoms with Gasteiger partial charge in [-0.15, -0.1) is 0 Å². The molecule has 1 aromatic rings. The van der Waals surface area contributed by atoms with Gasteiger partial charge in [0.15, 0.2) is 5.70 Å². The molecule has 2 rings (SSSR count). The first-order valence-corrected chi connectivity index (χ1v) is 13.9. The highest BCUT2D eigenvalue weighted by Gasteiger charge is 2.28. The first kappa shape index (κ1) is 32.7. The van der Waals surface area contributed by atoms with Gasteiger partial charge < -0.3 is 21.5 Å². The summed E-state index contributed by atoms with van der Waals surface area (Å²) in [5.41, 5.74) is 10.5. The van der Waals surface area contributed by atoms with E-state index in [1.807, 2.05) is 6.92 Å². The number of aromatic hydroxyl groups is 1. The standard InChI is InChI=1S/C27H41ClN8O4/c1-4-7-8-13-35(17-16-34(6-3)18-21(28)32-23(25(30)38)24(29)31-5-2)19-11-14-36(15-12-19)27(40)20-9-10-22(37)33-26(20)39/h2,9-10,19,31H,4,6-8,11-18,29H2,1,3H3,(H2,30,38)(H2,33,37,39)/b24-23-,32-21?. The highest BCUT2D eigenvalue weighted by atomic mass is 35.5. The Hall–Kier alpha value is -3.53. The number of nitrogens with zero attached hydrogens (tertiary/aromatic N) is 4. The van der Waals surface area contributed by atoms with Gasteiger partial charge in [-0.05, 0) is 38.4 Å². The first-order valence-electron chi connectivity index (χ1n) is 13.5. The van der Waals surface area contributed by atoms with Crippen LogP contribution in [0.2, 0.25) is 0 Å². The van der Waals surface area contributed by atoms with Crippen LogP contribution in [0.4, 0.5) is 0 Å². The minimum absolute atomic E-state index is 0.0983. The molecule has 1 fully saturated rings. The second-order valence-electron chi connectivity index (χ2n) is 9.60. The topological polar surface area (TPSA) is 173 Å². The predicted octanol–water partition coefficient (Wildman–Crippen LogP) is 0.930. The Labute approximate surface area is 240 Å². The average molecular weight is 577 g/mol. The Morgan fingerprint density at radius 2 is 1.93 bits per heavy atom. The number of aromatic nitrogens is 1. The number of H-pyrrole nitrogens is 1. The SMILES string of the molecule is C#CN/C(N)=C(\N=C(Cl)CN(CC)CCN(CCCCC)C1CCN(C(=O)c2ccc(=O)[nH]c2O)CC1)C(N)=O. The number of carbonyl (C=O) groups excluding carboxylic acids is 2. The second-order valence-corrected chi connectivity index (χ2v) is 10.0. The monoisotopic (exact) mass is 576 g/mol. The van der Waals surface area contributed by atoms with E-state index in [1.54, 1.807) is 4.90 Å². The molecule has 1 aliphatic rings. The fraction of sp³-hybridized carbons (Fsp3) is 0.556. The molecule has 0 unspecified atom stereocenters. The lowest BCUT2D eigenvalue weighted by atomic mass is 10.0. The second kappa shape index (κ2) is 16.5. The molecule has 1 aliphatic heterocycles. The predicted molar refractivity (Wildman–Crippen MR) is 157 cm³/mol. The maximum absolute atomic E-state index is 12.9. The lowest BCUT2D eigenvalue weighted by Gasteiger charge is -2.39. The van der Waals surface area contributed by atoms with Crippen molar-refractivity contribution in [3.05, 3.63) is 39.6 Å². The molecule has 2 heterocycles. The van der Waals surface area contributed by atoms with Crippen molar-refractivity contribution in [1.29, 1.82) is 0 Å². The first-order chi connectivity index (χ1) is 19.1. The molecule has 1 aromatic heterocycles. The maximum atomic E-state index is 12.9. The average Bonchev–Trinajstić information content (AvgIpc) is 2.92. The smallest absolute Gasteiger partial charge is 0.271 e. The number of nitrogens with one attached hydrogen (secondary N) is 2. The minimum Gasteiger partial charge on any atom is -0.494 e. The number of carbonyl (C=O) groups is 2. The number of aromatic amines is 1. The third kappa shape index (κ3) is 9.89. The molecular weight excluding hydrogens is 536 g/mol. The molecule has 0 aromatic carbocycles. The molecule has 12 nitrogen and oxygen atoms in total. The number of hydrogen-bond donors (Lipinski definition) is 5. The summed E-state index contributed by atoms with van der Waals surface area (Å²) in [6.07, 6.45) is 10.1. The van der Waals surface area contributed by atoms with Crippen molar-refractivity contribution < 1.29 is 14.7 Å². The summed E-state index contributed by atoms with van der Waals surface area (Å²) in [6, 6.07) is 5.01. The lowest BCUT2D eigenvalue weighted by Crippen LogP contribution is -2.49. The van der Waals surface area contributed by atoms with Crippen LogP contribution < -0.4 is 22.3 Å². The van der Waals surface area contributed by atoms with Gasteiger partial charge in [0.1, 0.15) is 11.0 Å². The van der Waals surface area contributed by atoms with E-state index in [0.717, 1.165) is 45.2 Å². The number of unbranched alkanes of at least 4 members (excludes halogenated alkanes) is 2. The van der Waals surface area contributed by atoms with Gasteiger partial charge in [-0.25, -0.2) is 4.99 Å². The van der Waals surface area contributed by atoms with Gasteiger partial charge >= 0.3 is 0 Å². The van der Waals surface area contributed by atoms with Crippen LogP contribution >= 0.6 is 11.6 Å². The number of piperidine rings is 1. The van der Waals surface area contributed by atoms with Crippen LogP contribution in [0.25, 0.3) is 0 Å². The van der Waals surface area contributed by atoms with Crippen molar-refractivity contribution in [2.24, 2.45) is 16.5 Å². The summed E-state index contributed by atoms with van der Waals surface area (Å²) in [7, 11) is 0. The number of amides is 2. The Bertz CT molecular complexity index is 1170. The van der Waals surface area contributed by atoms with E-state index in [0.29, 0.717) is 38.8 Å². The lowest BCUT2D eigenvalue weighted by molar-refractivity contribution is -0.114. The molecule has 0 atom stereocenters. The van der Waals surface area contributed by atoms with Crippen LogP contribution in [0, 0.1) is 12.5 Å². The fourth-order valence-electron chi connectivity index (χ4n) is 4.63. The number of pyridine rings is 1. The van der Waals surface area contributed by atoms with Crippen molar-refractivity contribution in [3.8, 4) is 18.3 Å². The Morgan fingerprint density at radius 1 is 1.23 bits per heavy atom. The summed E-state index contributed by atoms with van der Waals surface area (Å²) in [4.78, 5) is 48.7. The molecule has 2 amide bonds. The van der Waals surface area contributed by atoms with Crippen LogP contribution in [0.1, 0.15) is 56.3 Å². The summed E-state index contributed by atoms with van der Waals surface area (Å²) >= 11 is 6.36. The molecule has 220 valence electrons.